The summed E-state index contributed by atoms with van der Waals surface area (Å²) < 4.78 is 42.7. The summed E-state index contributed by atoms with van der Waals surface area (Å²) in [6.45, 7) is 0. The Labute approximate surface area is 106 Å². The molecule has 19 heavy (non-hydrogen) atoms. The molecular formula is C12H10F3N3O. The zero-order chi connectivity index (χ0) is 13.5. The number of hydrogen-bond donors (Lipinski definition) is 1. The predicted octanol–water partition coefficient (Wildman–Crippen LogP) is 3.33. The molecule has 1 fully saturated rings. The lowest BCUT2D eigenvalue weighted by atomic mass is 10.1. The maximum atomic E-state index is 12.6. The predicted molar refractivity (Wildman–Crippen MR) is 61.4 cm³/mol. The highest BCUT2D eigenvalue weighted by Gasteiger charge is 2.31. The van der Waals surface area contributed by atoms with Crippen molar-refractivity contribution in [3.63, 3.8) is 0 Å². The van der Waals surface area contributed by atoms with Crippen LogP contribution in [0.5, 0.6) is 0 Å². The Kier molecular flexibility index (Phi) is 2.69. The monoisotopic (exact) mass is 269 g/mol. The fourth-order valence-corrected chi connectivity index (χ4v) is 1.64. The summed E-state index contributed by atoms with van der Waals surface area (Å²) in [5, 5.41) is 6.66. The fourth-order valence-electron chi connectivity index (χ4n) is 1.64. The average molecular weight is 269 g/mol. The lowest BCUT2D eigenvalue weighted by molar-refractivity contribution is -0.137. The van der Waals surface area contributed by atoms with Gasteiger partial charge in [0.05, 0.1) is 5.56 Å². The topological polar surface area (TPSA) is 51.0 Å². The van der Waals surface area contributed by atoms with E-state index in [0.717, 1.165) is 25.0 Å². The Bertz CT molecular complexity index is 590. The molecule has 0 spiro atoms. The summed E-state index contributed by atoms with van der Waals surface area (Å²) >= 11 is 0. The third-order valence-corrected chi connectivity index (χ3v) is 2.78. The molecule has 1 N–H and O–H groups in total. The van der Waals surface area contributed by atoms with E-state index in [9.17, 15) is 13.2 Å². The summed E-state index contributed by atoms with van der Waals surface area (Å²) in [6.07, 6.45) is -2.29. The first kappa shape index (κ1) is 12.0. The highest BCUT2D eigenvalue weighted by atomic mass is 19.4. The minimum Gasteiger partial charge on any atom is -0.335 e. The Hall–Kier alpha value is -2.05. The van der Waals surface area contributed by atoms with E-state index < -0.39 is 11.7 Å². The number of aromatic nitrogens is 2. The summed E-state index contributed by atoms with van der Waals surface area (Å²) in [5.41, 5.74) is -0.450. The Morgan fingerprint density at radius 2 is 2.05 bits per heavy atom. The van der Waals surface area contributed by atoms with Gasteiger partial charge in [-0.15, -0.1) is 0 Å². The molecule has 7 heteroatoms. The van der Waals surface area contributed by atoms with Crippen molar-refractivity contribution in [3.05, 3.63) is 29.8 Å². The van der Waals surface area contributed by atoms with E-state index in [0.29, 0.717) is 6.04 Å². The van der Waals surface area contributed by atoms with E-state index in [1.807, 2.05) is 0 Å². The van der Waals surface area contributed by atoms with E-state index in [4.69, 9.17) is 4.52 Å². The summed E-state index contributed by atoms with van der Waals surface area (Å²) in [6, 6.07) is 5.44. The molecule has 0 bridgehead atoms. The zero-order valence-corrected chi connectivity index (χ0v) is 9.74. The molecule has 0 amide bonds. The van der Waals surface area contributed by atoms with Crippen molar-refractivity contribution in [2.24, 2.45) is 0 Å². The van der Waals surface area contributed by atoms with Crippen molar-refractivity contribution in [2.75, 3.05) is 5.32 Å². The maximum absolute atomic E-state index is 12.6. The fraction of sp³-hybridized carbons (Fsp3) is 0.333. The SMILES string of the molecule is FC(F)(F)c1cccc(-c2noc(NC3CC3)n2)c1. The number of halogens is 3. The molecule has 1 aromatic carbocycles. The van der Waals surface area contributed by atoms with Gasteiger partial charge in [-0.2, -0.15) is 18.2 Å². The van der Waals surface area contributed by atoms with Crippen LogP contribution in [0.4, 0.5) is 19.2 Å². The molecule has 0 atom stereocenters. The van der Waals surface area contributed by atoms with Crippen molar-refractivity contribution in [1.82, 2.24) is 10.1 Å². The van der Waals surface area contributed by atoms with Crippen LogP contribution in [0, 0.1) is 0 Å². The van der Waals surface area contributed by atoms with Gasteiger partial charge in [0, 0.05) is 11.6 Å². The van der Waals surface area contributed by atoms with Crippen LogP contribution in [0.25, 0.3) is 11.4 Å². The van der Waals surface area contributed by atoms with Crippen molar-refractivity contribution >= 4 is 6.01 Å². The molecule has 0 unspecified atom stereocenters. The normalized spacial score (nSPS) is 15.5. The van der Waals surface area contributed by atoms with Gasteiger partial charge in [-0.3, -0.25) is 0 Å². The molecule has 4 nitrogen and oxygen atoms in total. The van der Waals surface area contributed by atoms with Gasteiger partial charge in [-0.25, -0.2) is 0 Å². The molecule has 1 heterocycles. The molecule has 1 aliphatic carbocycles. The van der Waals surface area contributed by atoms with Gasteiger partial charge in [0.1, 0.15) is 0 Å². The minimum atomic E-state index is -4.38. The van der Waals surface area contributed by atoms with E-state index in [2.05, 4.69) is 15.5 Å². The first-order valence-electron chi connectivity index (χ1n) is 5.80. The third-order valence-electron chi connectivity index (χ3n) is 2.78. The number of rotatable bonds is 3. The van der Waals surface area contributed by atoms with Crippen LogP contribution in [0.1, 0.15) is 18.4 Å². The molecule has 0 saturated heterocycles. The zero-order valence-electron chi connectivity index (χ0n) is 9.74. The van der Waals surface area contributed by atoms with E-state index >= 15 is 0 Å². The second-order valence-electron chi connectivity index (χ2n) is 4.42. The molecule has 1 saturated carbocycles. The van der Waals surface area contributed by atoms with Crippen LogP contribution in [-0.2, 0) is 6.18 Å². The van der Waals surface area contributed by atoms with Gasteiger partial charge < -0.3 is 9.84 Å². The van der Waals surface area contributed by atoms with Gasteiger partial charge in [0.2, 0.25) is 5.82 Å². The first-order valence-corrected chi connectivity index (χ1v) is 5.80. The Balaban J connectivity index is 1.86. The number of benzene rings is 1. The average Bonchev–Trinajstić information content (AvgIpc) is 3.04. The molecule has 0 radical (unpaired) electrons. The maximum Gasteiger partial charge on any atom is 0.416 e. The van der Waals surface area contributed by atoms with Crippen LogP contribution < -0.4 is 5.32 Å². The first-order chi connectivity index (χ1) is 9.02. The van der Waals surface area contributed by atoms with Crippen LogP contribution in [0.3, 0.4) is 0 Å². The van der Waals surface area contributed by atoms with Gasteiger partial charge in [-0.05, 0) is 25.0 Å². The second-order valence-corrected chi connectivity index (χ2v) is 4.42. The van der Waals surface area contributed by atoms with Gasteiger partial charge in [0.25, 0.3) is 0 Å². The molecule has 0 aliphatic heterocycles. The van der Waals surface area contributed by atoms with Gasteiger partial charge in [0.15, 0.2) is 0 Å². The van der Waals surface area contributed by atoms with Crippen molar-refractivity contribution in [1.29, 1.82) is 0 Å². The molecular weight excluding hydrogens is 259 g/mol. The summed E-state index contributed by atoms with van der Waals surface area (Å²) in [4.78, 5) is 4.03. The van der Waals surface area contributed by atoms with Crippen LogP contribution in [0.2, 0.25) is 0 Å². The Morgan fingerprint density at radius 1 is 1.26 bits per heavy atom. The van der Waals surface area contributed by atoms with Crippen LogP contribution >= 0.6 is 0 Å². The van der Waals surface area contributed by atoms with Gasteiger partial charge >= 0.3 is 12.2 Å². The molecule has 1 aliphatic rings. The van der Waals surface area contributed by atoms with Crippen LogP contribution in [-0.4, -0.2) is 16.2 Å². The number of anilines is 1. The summed E-state index contributed by atoms with van der Waals surface area (Å²) in [5.74, 6) is 0.147. The van der Waals surface area contributed by atoms with E-state index in [1.54, 1.807) is 0 Å². The highest BCUT2D eigenvalue weighted by Crippen LogP contribution is 2.32. The highest BCUT2D eigenvalue weighted by molar-refractivity contribution is 5.57. The quantitative estimate of drug-likeness (QED) is 0.928. The number of nitrogens with zero attached hydrogens (tertiary/aromatic N) is 2. The van der Waals surface area contributed by atoms with Crippen molar-refractivity contribution < 1.29 is 17.7 Å². The number of nitrogens with one attached hydrogen (secondary N) is 1. The van der Waals surface area contributed by atoms with Crippen molar-refractivity contribution in [3.8, 4) is 11.4 Å². The molecule has 1 aromatic heterocycles. The largest absolute Gasteiger partial charge is 0.416 e. The Morgan fingerprint density at radius 3 is 2.74 bits per heavy atom. The van der Waals surface area contributed by atoms with E-state index in [-0.39, 0.29) is 17.4 Å². The number of hydrogen-bond acceptors (Lipinski definition) is 4. The smallest absolute Gasteiger partial charge is 0.335 e. The standard InChI is InChI=1S/C12H10F3N3O/c13-12(14,15)8-3-1-2-7(6-8)10-17-11(19-18-10)16-9-4-5-9/h1-3,6,9H,4-5H2,(H,16,17,18). The second kappa shape index (κ2) is 4.25. The molecule has 2 aromatic rings. The van der Waals surface area contributed by atoms with Crippen LogP contribution in [0.15, 0.2) is 28.8 Å². The van der Waals surface area contributed by atoms with Gasteiger partial charge in [-0.1, -0.05) is 17.3 Å². The van der Waals surface area contributed by atoms with Crippen molar-refractivity contribution in [2.45, 2.75) is 25.1 Å². The lowest BCUT2D eigenvalue weighted by Crippen LogP contribution is -2.04. The summed E-state index contributed by atoms with van der Waals surface area (Å²) in [7, 11) is 0. The lowest BCUT2D eigenvalue weighted by Gasteiger charge is -2.06. The minimum absolute atomic E-state index is 0.147. The molecule has 3 rings (SSSR count). The third kappa shape index (κ3) is 2.69. The van der Waals surface area contributed by atoms with E-state index in [1.165, 1.54) is 12.1 Å². The molecule has 100 valence electrons. The number of alkyl halides is 3.